The first-order valence-electron chi connectivity index (χ1n) is 4.69. The van der Waals surface area contributed by atoms with Gasteiger partial charge in [0.1, 0.15) is 0 Å². The summed E-state index contributed by atoms with van der Waals surface area (Å²) in [5, 5.41) is 0.778. The Morgan fingerprint density at radius 1 is 1.38 bits per heavy atom. The Hall–Kier alpha value is -0.530. The molecule has 1 aromatic rings. The lowest BCUT2D eigenvalue weighted by atomic mass is 10.0. The number of halogens is 1. The SMILES string of the molecule is C[C@@H]1C[C@H]1[C@H](N)c1ccc(Cl)cc1. The second-order valence-electron chi connectivity index (χ2n) is 3.95. The molecule has 0 amide bonds. The van der Waals surface area contributed by atoms with E-state index in [1.54, 1.807) is 0 Å². The number of hydrogen-bond donors (Lipinski definition) is 1. The van der Waals surface area contributed by atoms with Crippen LogP contribution in [0.4, 0.5) is 0 Å². The van der Waals surface area contributed by atoms with Crippen LogP contribution in [0.5, 0.6) is 0 Å². The largest absolute Gasteiger partial charge is 0.324 e. The van der Waals surface area contributed by atoms with Crippen molar-refractivity contribution in [1.29, 1.82) is 0 Å². The molecule has 1 nitrogen and oxygen atoms in total. The molecule has 3 atom stereocenters. The van der Waals surface area contributed by atoms with Crippen LogP contribution in [-0.2, 0) is 0 Å². The molecule has 1 saturated carbocycles. The highest BCUT2D eigenvalue weighted by Crippen LogP contribution is 2.45. The summed E-state index contributed by atoms with van der Waals surface area (Å²) in [4.78, 5) is 0. The molecule has 1 aliphatic carbocycles. The van der Waals surface area contributed by atoms with E-state index < -0.39 is 0 Å². The maximum absolute atomic E-state index is 6.10. The quantitative estimate of drug-likeness (QED) is 0.772. The summed E-state index contributed by atoms with van der Waals surface area (Å²) in [7, 11) is 0. The van der Waals surface area contributed by atoms with Crippen molar-refractivity contribution in [3.8, 4) is 0 Å². The van der Waals surface area contributed by atoms with Crippen molar-refractivity contribution in [2.75, 3.05) is 0 Å². The molecule has 0 aliphatic heterocycles. The Kier molecular flexibility index (Phi) is 2.31. The fourth-order valence-electron chi connectivity index (χ4n) is 1.78. The van der Waals surface area contributed by atoms with Crippen molar-refractivity contribution >= 4 is 11.6 Å². The highest BCUT2D eigenvalue weighted by atomic mass is 35.5. The molecule has 13 heavy (non-hydrogen) atoms. The fourth-order valence-corrected chi connectivity index (χ4v) is 1.91. The first-order chi connectivity index (χ1) is 6.18. The molecule has 2 N–H and O–H groups in total. The van der Waals surface area contributed by atoms with Crippen molar-refractivity contribution in [3.63, 3.8) is 0 Å². The van der Waals surface area contributed by atoms with Gasteiger partial charge in [-0.05, 0) is 36.0 Å². The average molecular weight is 196 g/mol. The molecule has 2 rings (SSSR count). The maximum Gasteiger partial charge on any atom is 0.0406 e. The van der Waals surface area contributed by atoms with Gasteiger partial charge in [0.05, 0.1) is 0 Å². The molecule has 0 bridgehead atoms. The predicted molar refractivity (Wildman–Crippen MR) is 55.7 cm³/mol. The van der Waals surface area contributed by atoms with Crippen molar-refractivity contribution in [1.82, 2.24) is 0 Å². The number of benzene rings is 1. The molecule has 1 aliphatic rings. The molecule has 1 fully saturated rings. The van der Waals surface area contributed by atoms with Gasteiger partial charge < -0.3 is 5.73 Å². The molecule has 0 radical (unpaired) electrons. The number of hydrogen-bond acceptors (Lipinski definition) is 1. The van der Waals surface area contributed by atoms with Gasteiger partial charge in [0.25, 0.3) is 0 Å². The van der Waals surface area contributed by atoms with Crippen LogP contribution in [0.3, 0.4) is 0 Å². The van der Waals surface area contributed by atoms with Gasteiger partial charge in [-0.1, -0.05) is 30.7 Å². The first-order valence-corrected chi connectivity index (χ1v) is 5.07. The van der Waals surface area contributed by atoms with E-state index in [1.807, 2.05) is 24.3 Å². The van der Waals surface area contributed by atoms with Gasteiger partial charge in [0, 0.05) is 11.1 Å². The van der Waals surface area contributed by atoms with Crippen molar-refractivity contribution in [3.05, 3.63) is 34.9 Å². The first kappa shape index (κ1) is 9.04. The second-order valence-corrected chi connectivity index (χ2v) is 4.39. The number of rotatable bonds is 2. The maximum atomic E-state index is 6.10. The van der Waals surface area contributed by atoms with Crippen LogP contribution in [0.25, 0.3) is 0 Å². The smallest absolute Gasteiger partial charge is 0.0406 e. The Morgan fingerprint density at radius 3 is 2.38 bits per heavy atom. The summed E-state index contributed by atoms with van der Waals surface area (Å²) in [5.41, 5.74) is 7.30. The van der Waals surface area contributed by atoms with Gasteiger partial charge in [-0.15, -0.1) is 0 Å². The Morgan fingerprint density at radius 2 is 1.92 bits per heavy atom. The lowest BCUT2D eigenvalue weighted by Gasteiger charge is -2.10. The zero-order valence-corrected chi connectivity index (χ0v) is 8.46. The van der Waals surface area contributed by atoms with E-state index in [4.69, 9.17) is 17.3 Å². The monoisotopic (exact) mass is 195 g/mol. The van der Waals surface area contributed by atoms with Crippen molar-refractivity contribution in [2.45, 2.75) is 19.4 Å². The summed E-state index contributed by atoms with van der Waals surface area (Å²) in [5.74, 6) is 1.48. The second kappa shape index (κ2) is 3.32. The minimum absolute atomic E-state index is 0.201. The summed E-state index contributed by atoms with van der Waals surface area (Å²) < 4.78 is 0. The van der Waals surface area contributed by atoms with Gasteiger partial charge in [-0.3, -0.25) is 0 Å². The minimum Gasteiger partial charge on any atom is -0.324 e. The molecular weight excluding hydrogens is 182 g/mol. The normalized spacial score (nSPS) is 28.5. The van der Waals surface area contributed by atoms with Crippen LogP contribution >= 0.6 is 11.6 Å². The Bertz CT molecular complexity index is 293. The lowest BCUT2D eigenvalue weighted by molar-refractivity contribution is 0.593. The highest BCUT2D eigenvalue weighted by molar-refractivity contribution is 6.30. The predicted octanol–water partition coefficient (Wildman–Crippen LogP) is 3.00. The average Bonchev–Trinajstić information content (AvgIpc) is 2.83. The molecule has 0 saturated heterocycles. The third-order valence-corrected chi connectivity index (χ3v) is 3.14. The Balaban J connectivity index is 2.12. The van der Waals surface area contributed by atoms with E-state index in [0.717, 1.165) is 10.9 Å². The van der Waals surface area contributed by atoms with Gasteiger partial charge >= 0.3 is 0 Å². The van der Waals surface area contributed by atoms with Crippen LogP contribution < -0.4 is 5.73 Å². The van der Waals surface area contributed by atoms with Crippen LogP contribution in [0.2, 0.25) is 5.02 Å². The third-order valence-electron chi connectivity index (χ3n) is 2.89. The van der Waals surface area contributed by atoms with Crippen molar-refractivity contribution in [2.24, 2.45) is 17.6 Å². The van der Waals surface area contributed by atoms with E-state index in [2.05, 4.69) is 6.92 Å². The molecule has 0 unspecified atom stereocenters. The standard InChI is InChI=1S/C11H14ClN/c1-7-6-10(7)11(13)8-2-4-9(12)5-3-8/h2-5,7,10-11H,6,13H2,1H3/t7-,10-,11-/m1/s1. The fraction of sp³-hybridized carbons (Fsp3) is 0.455. The van der Waals surface area contributed by atoms with E-state index >= 15 is 0 Å². The van der Waals surface area contributed by atoms with E-state index in [0.29, 0.717) is 5.92 Å². The van der Waals surface area contributed by atoms with Gasteiger partial charge in [0.2, 0.25) is 0 Å². The zero-order valence-electron chi connectivity index (χ0n) is 7.70. The summed E-state index contributed by atoms with van der Waals surface area (Å²) in [6, 6.07) is 8.07. The van der Waals surface area contributed by atoms with E-state index in [1.165, 1.54) is 12.0 Å². The van der Waals surface area contributed by atoms with E-state index in [-0.39, 0.29) is 6.04 Å². The zero-order chi connectivity index (χ0) is 9.42. The molecule has 70 valence electrons. The molecule has 2 heteroatoms. The highest BCUT2D eigenvalue weighted by Gasteiger charge is 2.38. The van der Waals surface area contributed by atoms with E-state index in [9.17, 15) is 0 Å². The summed E-state index contributed by atoms with van der Waals surface area (Å²) in [6.45, 7) is 2.25. The molecule has 0 aromatic heterocycles. The third kappa shape index (κ3) is 1.87. The van der Waals surface area contributed by atoms with Crippen LogP contribution in [0.1, 0.15) is 24.9 Å². The minimum atomic E-state index is 0.201. The number of nitrogens with two attached hydrogens (primary N) is 1. The Labute approximate surface area is 83.9 Å². The molecule has 0 heterocycles. The molecule has 1 aromatic carbocycles. The topological polar surface area (TPSA) is 26.0 Å². The van der Waals surface area contributed by atoms with Crippen molar-refractivity contribution < 1.29 is 0 Å². The summed E-state index contributed by atoms with van der Waals surface area (Å²) in [6.07, 6.45) is 1.27. The van der Waals surface area contributed by atoms with Crippen LogP contribution in [-0.4, -0.2) is 0 Å². The molecular formula is C11H14ClN. The lowest BCUT2D eigenvalue weighted by Crippen LogP contribution is -2.13. The van der Waals surface area contributed by atoms with Gasteiger partial charge in [0.15, 0.2) is 0 Å². The van der Waals surface area contributed by atoms with Gasteiger partial charge in [-0.25, -0.2) is 0 Å². The van der Waals surface area contributed by atoms with Gasteiger partial charge in [-0.2, -0.15) is 0 Å². The van der Waals surface area contributed by atoms with Crippen LogP contribution in [0, 0.1) is 11.8 Å². The molecule has 0 spiro atoms. The summed E-state index contributed by atoms with van der Waals surface area (Å²) >= 11 is 5.80. The van der Waals surface area contributed by atoms with Crippen LogP contribution in [0.15, 0.2) is 24.3 Å².